The molecule has 2 aromatic carbocycles. The Bertz CT molecular complexity index is 910. The Morgan fingerprint density at radius 3 is 2.69 bits per heavy atom. The van der Waals surface area contributed by atoms with Crippen molar-refractivity contribution in [3.63, 3.8) is 0 Å². The standard InChI is InChI=1S/C18H17N3O5/c1-26-16-8-12(14(21(24)25)9-15(16)22)17-19-13-5-3-2-4-11(13)18(23)20(17)10-6-7-10/h2-5,8-10,17,19,22H,6-7H2,1H3. The number of amides is 1. The number of para-hydroxylation sites is 1. The summed E-state index contributed by atoms with van der Waals surface area (Å²) in [6, 6.07) is 9.61. The summed E-state index contributed by atoms with van der Waals surface area (Å²) < 4.78 is 5.12. The molecular weight excluding hydrogens is 338 g/mol. The maximum Gasteiger partial charge on any atom is 0.280 e. The topological polar surface area (TPSA) is 105 Å². The number of nitro benzene ring substituents is 1. The summed E-state index contributed by atoms with van der Waals surface area (Å²) in [7, 11) is 1.37. The zero-order chi connectivity index (χ0) is 18.4. The molecule has 2 aromatic rings. The molecule has 0 spiro atoms. The summed E-state index contributed by atoms with van der Waals surface area (Å²) in [5, 5.41) is 24.7. The average Bonchev–Trinajstić information content (AvgIpc) is 3.46. The molecule has 2 N–H and O–H groups in total. The molecule has 1 amide bonds. The van der Waals surface area contributed by atoms with E-state index in [1.165, 1.54) is 13.2 Å². The third-order valence-corrected chi connectivity index (χ3v) is 4.72. The Balaban J connectivity index is 1.88. The van der Waals surface area contributed by atoms with E-state index in [1.807, 2.05) is 0 Å². The lowest BCUT2D eigenvalue weighted by Crippen LogP contribution is -2.44. The Morgan fingerprint density at radius 1 is 1.31 bits per heavy atom. The molecule has 8 heteroatoms. The van der Waals surface area contributed by atoms with E-state index in [9.17, 15) is 20.0 Å². The second-order valence-electron chi connectivity index (χ2n) is 6.38. The van der Waals surface area contributed by atoms with Crippen LogP contribution in [-0.2, 0) is 0 Å². The van der Waals surface area contributed by atoms with E-state index in [1.54, 1.807) is 29.2 Å². The number of carbonyl (C=O) groups excluding carboxylic acids is 1. The molecule has 8 nitrogen and oxygen atoms in total. The fourth-order valence-corrected chi connectivity index (χ4v) is 3.34. The Labute approximate surface area is 149 Å². The number of aromatic hydroxyl groups is 1. The monoisotopic (exact) mass is 355 g/mol. The lowest BCUT2D eigenvalue weighted by Gasteiger charge is -2.38. The number of ether oxygens (including phenoxy) is 1. The fraction of sp³-hybridized carbons (Fsp3) is 0.278. The van der Waals surface area contributed by atoms with Crippen LogP contribution >= 0.6 is 0 Å². The highest BCUT2D eigenvalue weighted by molar-refractivity contribution is 6.02. The van der Waals surface area contributed by atoms with Crippen LogP contribution in [0.15, 0.2) is 36.4 Å². The number of nitrogens with zero attached hydrogens (tertiary/aromatic N) is 2. The second kappa shape index (κ2) is 5.91. The van der Waals surface area contributed by atoms with Crippen molar-refractivity contribution in [2.45, 2.75) is 25.0 Å². The van der Waals surface area contributed by atoms with Gasteiger partial charge in [0.25, 0.3) is 11.6 Å². The van der Waals surface area contributed by atoms with E-state index in [2.05, 4.69) is 5.32 Å². The summed E-state index contributed by atoms with van der Waals surface area (Å²) in [6.45, 7) is 0. The van der Waals surface area contributed by atoms with Gasteiger partial charge in [-0.05, 0) is 31.0 Å². The largest absolute Gasteiger partial charge is 0.504 e. The number of methoxy groups -OCH3 is 1. The highest BCUT2D eigenvalue weighted by Gasteiger charge is 2.44. The first-order chi connectivity index (χ1) is 12.5. The van der Waals surface area contributed by atoms with E-state index in [0.29, 0.717) is 11.3 Å². The highest BCUT2D eigenvalue weighted by atomic mass is 16.6. The lowest BCUT2D eigenvalue weighted by atomic mass is 10.0. The van der Waals surface area contributed by atoms with E-state index >= 15 is 0 Å². The fourth-order valence-electron chi connectivity index (χ4n) is 3.34. The van der Waals surface area contributed by atoms with Crippen LogP contribution in [0.4, 0.5) is 11.4 Å². The molecular formula is C18H17N3O5. The number of phenols is 1. The Morgan fingerprint density at radius 2 is 2.04 bits per heavy atom. The SMILES string of the molecule is COc1cc(C2Nc3ccccc3C(=O)N2C2CC2)c([N+](=O)[O-])cc1O. The highest BCUT2D eigenvalue weighted by Crippen LogP contribution is 2.45. The minimum Gasteiger partial charge on any atom is -0.504 e. The first kappa shape index (κ1) is 16.2. The number of rotatable bonds is 4. The van der Waals surface area contributed by atoms with Crippen LogP contribution in [0, 0.1) is 10.1 Å². The van der Waals surface area contributed by atoms with Gasteiger partial charge in [-0.15, -0.1) is 0 Å². The molecule has 1 heterocycles. The van der Waals surface area contributed by atoms with Gasteiger partial charge in [-0.25, -0.2) is 0 Å². The number of hydrogen-bond acceptors (Lipinski definition) is 6. The van der Waals surface area contributed by atoms with E-state index in [0.717, 1.165) is 18.9 Å². The zero-order valence-corrected chi connectivity index (χ0v) is 14.0. The molecule has 1 aliphatic carbocycles. The number of benzene rings is 2. The van der Waals surface area contributed by atoms with Crippen LogP contribution in [0.25, 0.3) is 0 Å². The van der Waals surface area contributed by atoms with Gasteiger partial charge in [0.2, 0.25) is 0 Å². The van der Waals surface area contributed by atoms with Crippen molar-refractivity contribution in [3.8, 4) is 11.5 Å². The zero-order valence-electron chi connectivity index (χ0n) is 14.0. The van der Waals surface area contributed by atoms with Gasteiger partial charge in [-0.3, -0.25) is 14.9 Å². The van der Waals surface area contributed by atoms with Gasteiger partial charge in [0.1, 0.15) is 6.17 Å². The van der Waals surface area contributed by atoms with Crippen LogP contribution in [0.5, 0.6) is 11.5 Å². The van der Waals surface area contributed by atoms with E-state index in [-0.39, 0.29) is 34.7 Å². The maximum atomic E-state index is 13.0. The van der Waals surface area contributed by atoms with Gasteiger partial charge in [0.05, 0.1) is 29.2 Å². The first-order valence-electron chi connectivity index (χ1n) is 8.24. The molecule has 0 aromatic heterocycles. The molecule has 1 unspecified atom stereocenters. The first-order valence-corrected chi connectivity index (χ1v) is 8.24. The van der Waals surface area contributed by atoms with Crippen LogP contribution in [0.3, 0.4) is 0 Å². The van der Waals surface area contributed by atoms with Gasteiger partial charge < -0.3 is 20.1 Å². The summed E-state index contributed by atoms with van der Waals surface area (Å²) in [6.07, 6.45) is 1.00. The third kappa shape index (κ3) is 2.50. The van der Waals surface area contributed by atoms with Crippen molar-refractivity contribution in [2.24, 2.45) is 0 Å². The predicted molar refractivity (Wildman–Crippen MR) is 93.3 cm³/mol. The van der Waals surface area contributed by atoms with Crippen molar-refractivity contribution in [3.05, 3.63) is 57.6 Å². The van der Waals surface area contributed by atoms with Gasteiger partial charge >= 0.3 is 0 Å². The molecule has 0 saturated heterocycles. The number of hydrogen-bond donors (Lipinski definition) is 2. The van der Waals surface area contributed by atoms with Gasteiger partial charge in [0, 0.05) is 11.7 Å². The van der Waals surface area contributed by atoms with Gasteiger partial charge in [0.15, 0.2) is 11.5 Å². The number of anilines is 1. The molecule has 1 aliphatic heterocycles. The molecule has 0 bridgehead atoms. The summed E-state index contributed by atoms with van der Waals surface area (Å²) in [5.74, 6) is -0.355. The molecule has 4 rings (SSSR count). The molecule has 1 atom stereocenters. The molecule has 1 saturated carbocycles. The van der Waals surface area contributed by atoms with Crippen molar-refractivity contribution < 1.29 is 19.6 Å². The molecule has 2 aliphatic rings. The number of carbonyl (C=O) groups is 1. The van der Waals surface area contributed by atoms with E-state index in [4.69, 9.17) is 4.74 Å². The molecule has 1 fully saturated rings. The van der Waals surface area contributed by atoms with Crippen LogP contribution in [-0.4, -0.2) is 34.0 Å². The maximum absolute atomic E-state index is 13.0. The average molecular weight is 355 g/mol. The van der Waals surface area contributed by atoms with Crippen molar-refractivity contribution in [2.75, 3.05) is 12.4 Å². The number of nitrogens with one attached hydrogen (secondary N) is 1. The van der Waals surface area contributed by atoms with Crippen molar-refractivity contribution in [1.82, 2.24) is 4.90 Å². The Kier molecular flexibility index (Phi) is 3.68. The minimum atomic E-state index is -0.709. The molecule has 0 radical (unpaired) electrons. The quantitative estimate of drug-likeness (QED) is 0.645. The lowest BCUT2D eigenvalue weighted by molar-refractivity contribution is -0.386. The number of phenolic OH excluding ortho intramolecular Hbond substituents is 1. The van der Waals surface area contributed by atoms with Crippen LogP contribution in [0.1, 0.15) is 34.9 Å². The van der Waals surface area contributed by atoms with Gasteiger partial charge in [-0.2, -0.15) is 0 Å². The molecule has 134 valence electrons. The second-order valence-corrected chi connectivity index (χ2v) is 6.38. The predicted octanol–water partition coefficient (Wildman–Crippen LogP) is 3.04. The van der Waals surface area contributed by atoms with Gasteiger partial charge in [-0.1, -0.05) is 12.1 Å². The number of fused-ring (bicyclic) bond motifs is 1. The molecule has 26 heavy (non-hydrogen) atoms. The number of nitro groups is 1. The summed E-state index contributed by atoms with van der Waals surface area (Å²) in [4.78, 5) is 25.7. The van der Waals surface area contributed by atoms with Crippen molar-refractivity contribution >= 4 is 17.3 Å². The van der Waals surface area contributed by atoms with Crippen molar-refractivity contribution in [1.29, 1.82) is 0 Å². The summed E-state index contributed by atoms with van der Waals surface area (Å²) in [5.41, 5.74) is 1.18. The minimum absolute atomic E-state index is 0.0350. The van der Waals surface area contributed by atoms with Crippen LogP contribution < -0.4 is 10.1 Å². The smallest absolute Gasteiger partial charge is 0.280 e. The Hall–Kier alpha value is -3.29. The normalized spacial score (nSPS) is 18.9. The third-order valence-electron chi connectivity index (χ3n) is 4.72. The van der Waals surface area contributed by atoms with E-state index < -0.39 is 11.1 Å². The summed E-state index contributed by atoms with van der Waals surface area (Å²) >= 11 is 0. The van der Waals surface area contributed by atoms with Crippen LogP contribution in [0.2, 0.25) is 0 Å².